The molecule has 1 saturated heterocycles. The third-order valence-electron chi connectivity index (χ3n) is 4.36. The molecular formula is C14H27N3O. The van der Waals surface area contributed by atoms with Gasteiger partial charge in [-0.3, -0.25) is 9.69 Å². The molecule has 1 aliphatic carbocycles. The van der Waals surface area contributed by atoms with Gasteiger partial charge in [0, 0.05) is 31.6 Å². The molecule has 1 heterocycles. The van der Waals surface area contributed by atoms with Gasteiger partial charge in [-0.05, 0) is 38.1 Å². The van der Waals surface area contributed by atoms with Crippen molar-refractivity contribution in [3.63, 3.8) is 0 Å². The maximum atomic E-state index is 11.7. The lowest BCUT2D eigenvalue weighted by Gasteiger charge is -2.38. The predicted molar refractivity (Wildman–Crippen MR) is 73.2 cm³/mol. The van der Waals surface area contributed by atoms with Crippen molar-refractivity contribution < 1.29 is 4.79 Å². The van der Waals surface area contributed by atoms with E-state index in [9.17, 15) is 4.79 Å². The number of amides is 1. The first kappa shape index (κ1) is 13.8. The van der Waals surface area contributed by atoms with Crippen LogP contribution in [0.15, 0.2) is 0 Å². The molecule has 1 aliphatic heterocycles. The van der Waals surface area contributed by atoms with Crippen molar-refractivity contribution in [3.05, 3.63) is 0 Å². The standard InChI is InChI=1S/C14H27N3O/c1-2-11-5-7-17(13(9-11)10-15)8-6-14(18)16-12-3-4-12/h11-13H,2-10,15H2,1H3,(H,16,18). The Labute approximate surface area is 110 Å². The number of nitrogens with two attached hydrogens (primary N) is 1. The van der Waals surface area contributed by atoms with Gasteiger partial charge in [0.2, 0.25) is 5.91 Å². The number of hydrogen-bond acceptors (Lipinski definition) is 3. The average molecular weight is 253 g/mol. The summed E-state index contributed by atoms with van der Waals surface area (Å²) in [6.45, 7) is 4.96. The zero-order valence-electron chi connectivity index (χ0n) is 11.5. The second-order valence-corrected chi connectivity index (χ2v) is 5.82. The van der Waals surface area contributed by atoms with Gasteiger partial charge in [-0.15, -0.1) is 0 Å². The molecule has 2 rings (SSSR count). The van der Waals surface area contributed by atoms with E-state index in [0.29, 0.717) is 18.5 Å². The van der Waals surface area contributed by atoms with E-state index >= 15 is 0 Å². The quantitative estimate of drug-likeness (QED) is 0.745. The number of rotatable bonds is 6. The topological polar surface area (TPSA) is 58.4 Å². The zero-order valence-corrected chi connectivity index (χ0v) is 11.5. The van der Waals surface area contributed by atoms with Crippen LogP contribution in [0.5, 0.6) is 0 Å². The van der Waals surface area contributed by atoms with Gasteiger partial charge < -0.3 is 11.1 Å². The molecule has 104 valence electrons. The van der Waals surface area contributed by atoms with E-state index in [1.54, 1.807) is 0 Å². The van der Waals surface area contributed by atoms with Crippen LogP contribution in [0.2, 0.25) is 0 Å². The maximum Gasteiger partial charge on any atom is 0.221 e. The van der Waals surface area contributed by atoms with E-state index in [2.05, 4.69) is 17.1 Å². The van der Waals surface area contributed by atoms with Gasteiger partial charge in [-0.25, -0.2) is 0 Å². The number of carbonyl (C=O) groups excluding carboxylic acids is 1. The number of piperidine rings is 1. The lowest BCUT2D eigenvalue weighted by Crippen LogP contribution is -2.47. The van der Waals surface area contributed by atoms with E-state index in [4.69, 9.17) is 5.73 Å². The molecule has 0 aromatic rings. The first-order valence-electron chi connectivity index (χ1n) is 7.46. The van der Waals surface area contributed by atoms with Crippen LogP contribution in [-0.4, -0.2) is 42.5 Å². The van der Waals surface area contributed by atoms with Crippen molar-refractivity contribution in [3.8, 4) is 0 Å². The Bertz CT molecular complexity index is 278. The number of carbonyl (C=O) groups is 1. The summed E-state index contributed by atoms with van der Waals surface area (Å²) in [6, 6.07) is 0.964. The lowest BCUT2D eigenvalue weighted by atomic mass is 9.89. The van der Waals surface area contributed by atoms with E-state index in [-0.39, 0.29) is 5.91 Å². The van der Waals surface area contributed by atoms with E-state index < -0.39 is 0 Å². The Balaban J connectivity index is 1.71. The molecule has 2 fully saturated rings. The molecule has 0 aromatic heterocycles. The predicted octanol–water partition coefficient (Wildman–Crippen LogP) is 1.10. The molecule has 0 spiro atoms. The lowest BCUT2D eigenvalue weighted by molar-refractivity contribution is -0.121. The summed E-state index contributed by atoms with van der Waals surface area (Å²) in [7, 11) is 0. The smallest absolute Gasteiger partial charge is 0.221 e. The van der Waals surface area contributed by atoms with Gasteiger partial charge in [0.25, 0.3) is 0 Å². The van der Waals surface area contributed by atoms with Crippen molar-refractivity contribution >= 4 is 5.91 Å². The highest BCUT2D eigenvalue weighted by Crippen LogP contribution is 2.25. The van der Waals surface area contributed by atoms with Crippen molar-refractivity contribution in [2.24, 2.45) is 11.7 Å². The molecule has 1 saturated carbocycles. The Morgan fingerprint density at radius 3 is 2.78 bits per heavy atom. The van der Waals surface area contributed by atoms with Crippen LogP contribution in [0, 0.1) is 5.92 Å². The summed E-state index contributed by atoms with van der Waals surface area (Å²) >= 11 is 0. The van der Waals surface area contributed by atoms with Gasteiger partial charge in [0.05, 0.1) is 0 Å². The fourth-order valence-corrected chi connectivity index (χ4v) is 2.87. The fraction of sp³-hybridized carbons (Fsp3) is 0.929. The molecule has 2 unspecified atom stereocenters. The van der Waals surface area contributed by atoms with Crippen molar-refractivity contribution in [1.82, 2.24) is 10.2 Å². The van der Waals surface area contributed by atoms with Crippen molar-refractivity contribution in [2.75, 3.05) is 19.6 Å². The number of nitrogens with zero attached hydrogens (tertiary/aromatic N) is 1. The average Bonchev–Trinajstić information content (AvgIpc) is 3.20. The van der Waals surface area contributed by atoms with E-state index in [0.717, 1.165) is 25.6 Å². The van der Waals surface area contributed by atoms with Crippen LogP contribution in [0.3, 0.4) is 0 Å². The summed E-state index contributed by atoms with van der Waals surface area (Å²) in [5.41, 5.74) is 5.87. The van der Waals surface area contributed by atoms with E-state index in [1.165, 1.54) is 32.1 Å². The van der Waals surface area contributed by atoms with E-state index in [1.807, 2.05) is 0 Å². The minimum atomic E-state index is 0.214. The fourth-order valence-electron chi connectivity index (χ4n) is 2.87. The van der Waals surface area contributed by atoms with Crippen molar-refractivity contribution in [2.45, 2.75) is 57.5 Å². The highest BCUT2D eigenvalue weighted by molar-refractivity contribution is 5.76. The van der Waals surface area contributed by atoms with Crippen LogP contribution >= 0.6 is 0 Å². The maximum absolute atomic E-state index is 11.7. The van der Waals surface area contributed by atoms with Gasteiger partial charge in [-0.2, -0.15) is 0 Å². The van der Waals surface area contributed by atoms with Crippen LogP contribution in [0.4, 0.5) is 0 Å². The Kier molecular flexibility index (Phi) is 5.01. The summed E-state index contributed by atoms with van der Waals surface area (Å²) in [4.78, 5) is 14.1. The third kappa shape index (κ3) is 3.95. The second-order valence-electron chi connectivity index (χ2n) is 5.82. The number of likely N-dealkylation sites (tertiary alicyclic amines) is 1. The molecule has 1 amide bonds. The van der Waals surface area contributed by atoms with Crippen LogP contribution in [-0.2, 0) is 4.79 Å². The zero-order chi connectivity index (χ0) is 13.0. The first-order chi connectivity index (χ1) is 8.72. The second kappa shape index (κ2) is 6.53. The van der Waals surface area contributed by atoms with Crippen LogP contribution in [0.25, 0.3) is 0 Å². The monoisotopic (exact) mass is 253 g/mol. The third-order valence-corrected chi connectivity index (χ3v) is 4.36. The Morgan fingerprint density at radius 2 is 2.17 bits per heavy atom. The highest BCUT2D eigenvalue weighted by atomic mass is 16.1. The molecule has 0 aromatic carbocycles. The van der Waals surface area contributed by atoms with Gasteiger partial charge in [0.15, 0.2) is 0 Å². The molecule has 4 heteroatoms. The minimum Gasteiger partial charge on any atom is -0.353 e. The van der Waals surface area contributed by atoms with Gasteiger partial charge >= 0.3 is 0 Å². The minimum absolute atomic E-state index is 0.214. The summed E-state index contributed by atoms with van der Waals surface area (Å²) < 4.78 is 0. The summed E-state index contributed by atoms with van der Waals surface area (Å²) in [6.07, 6.45) is 6.68. The number of nitrogens with one attached hydrogen (secondary N) is 1. The Morgan fingerprint density at radius 1 is 1.39 bits per heavy atom. The van der Waals surface area contributed by atoms with Gasteiger partial charge in [-0.1, -0.05) is 13.3 Å². The molecular weight excluding hydrogens is 226 g/mol. The molecule has 2 atom stereocenters. The SMILES string of the molecule is CCC1CCN(CCC(=O)NC2CC2)C(CN)C1. The largest absolute Gasteiger partial charge is 0.353 e. The normalized spacial score (nSPS) is 29.2. The van der Waals surface area contributed by atoms with Crippen molar-refractivity contribution in [1.29, 1.82) is 0 Å². The molecule has 2 aliphatic rings. The Hall–Kier alpha value is -0.610. The molecule has 3 N–H and O–H groups in total. The van der Waals surface area contributed by atoms with Gasteiger partial charge in [0.1, 0.15) is 0 Å². The molecule has 0 radical (unpaired) electrons. The molecule has 4 nitrogen and oxygen atoms in total. The highest BCUT2D eigenvalue weighted by Gasteiger charge is 2.27. The van der Waals surface area contributed by atoms with Crippen LogP contribution in [0.1, 0.15) is 45.4 Å². The van der Waals surface area contributed by atoms with Crippen LogP contribution < -0.4 is 11.1 Å². The first-order valence-corrected chi connectivity index (χ1v) is 7.46. The molecule has 0 bridgehead atoms. The summed E-state index contributed by atoms with van der Waals surface area (Å²) in [5, 5.41) is 3.05. The number of hydrogen-bond donors (Lipinski definition) is 2. The molecule has 18 heavy (non-hydrogen) atoms. The summed E-state index contributed by atoms with van der Waals surface area (Å²) in [5.74, 6) is 1.04.